The Morgan fingerprint density at radius 2 is 1.44 bits per heavy atom. The summed E-state index contributed by atoms with van der Waals surface area (Å²) < 4.78 is 5.31. The topological polar surface area (TPSA) is 67.4 Å². The molecule has 1 amide bonds. The lowest BCUT2D eigenvalue weighted by molar-refractivity contribution is 0.0529. The van der Waals surface area contributed by atoms with Crippen LogP contribution in [0.25, 0.3) is 22.3 Å². The number of carbonyl (C=O) groups excluding carboxylic acids is 2. The van der Waals surface area contributed by atoms with Crippen molar-refractivity contribution in [1.29, 1.82) is 0 Å². The Morgan fingerprint density at radius 3 is 2.09 bits per heavy atom. The predicted octanol–water partition coefficient (Wildman–Crippen LogP) is 6.39. The summed E-state index contributed by atoms with van der Waals surface area (Å²) in [7, 11) is 0. The number of thiocarbonyl (C=S) groups is 1. The number of ether oxygens (including phenoxy) is 1. The van der Waals surface area contributed by atoms with E-state index >= 15 is 0 Å². The Hall–Kier alpha value is -3.81. The molecule has 7 heteroatoms. The first kappa shape index (κ1) is 23.4. The summed E-state index contributed by atoms with van der Waals surface area (Å²) in [4.78, 5) is 25.3. The Kier molecular flexibility index (Phi) is 7.47. The van der Waals surface area contributed by atoms with Gasteiger partial charge in [-0.25, -0.2) is 4.79 Å². The molecule has 4 rings (SSSR count). The molecule has 5 nitrogen and oxygen atoms in total. The van der Waals surface area contributed by atoms with Gasteiger partial charge in [-0.1, -0.05) is 72.8 Å². The normalized spacial score (nSPS) is 10.4. The zero-order valence-corrected chi connectivity index (χ0v) is 20.0. The van der Waals surface area contributed by atoms with Gasteiger partial charge in [0.05, 0.1) is 6.61 Å². The van der Waals surface area contributed by atoms with E-state index in [1.807, 2.05) is 53.9 Å². The van der Waals surface area contributed by atoms with E-state index < -0.39 is 5.97 Å². The molecule has 0 bridgehead atoms. The molecule has 1 heterocycles. The number of anilines is 1. The van der Waals surface area contributed by atoms with Gasteiger partial charge < -0.3 is 10.1 Å². The fourth-order valence-corrected chi connectivity index (χ4v) is 4.66. The molecule has 0 atom stereocenters. The summed E-state index contributed by atoms with van der Waals surface area (Å²) in [5, 5.41) is 8.15. The van der Waals surface area contributed by atoms with Crippen molar-refractivity contribution < 1.29 is 14.3 Å². The molecule has 1 aromatic heterocycles. The maximum Gasteiger partial charge on any atom is 0.341 e. The number of carbonyl (C=O) groups is 2. The second-order valence-corrected chi connectivity index (χ2v) is 8.58. The van der Waals surface area contributed by atoms with E-state index in [0.29, 0.717) is 16.1 Å². The fraction of sp³-hybridized carbons (Fsp3) is 0.0741. The summed E-state index contributed by atoms with van der Waals surface area (Å²) in [5.74, 6) is -0.783. The van der Waals surface area contributed by atoms with E-state index in [4.69, 9.17) is 17.0 Å². The molecule has 0 radical (unpaired) electrons. The lowest BCUT2D eigenvalue weighted by atomic mass is 9.99. The van der Waals surface area contributed by atoms with Gasteiger partial charge in [-0.3, -0.25) is 10.1 Å². The quantitative estimate of drug-likeness (QED) is 0.244. The van der Waals surface area contributed by atoms with Gasteiger partial charge in [-0.2, -0.15) is 0 Å². The third kappa shape index (κ3) is 5.39. The largest absolute Gasteiger partial charge is 0.462 e. The van der Waals surface area contributed by atoms with Crippen molar-refractivity contribution in [2.45, 2.75) is 6.92 Å². The molecule has 0 saturated carbocycles. The molecular formula is C27H22N2O3S2. The Balaban J connectivity index is 1.58. The monoisotopic (exact) mass is 486 g/mol. The molecule has 0 spiro atoms. The number of esters is 1. The predicted molar refractivity (Wildman–Crippen MR) is 141 cm³/mol. The fourth-order valence-electron chi connectivity index (χ4n) is 3.44. The van der Waals surface area contributed by atoms with Crippen LogP contribution in [0.2, 0.25) is 0 Å². The highest BCUT2D eigenvalue weighted by molar-refractivity contribution is 7.80. The molecule has 3 aromatic carbocycles. The van der Waals surface area contributed by atoms with Crippen molar-refractivity contribution >= 4 is 45.5 Å². The average Bonchev–Trinajstić information content (AvgIpc) is 3.28. The van der Waals surface area contributed by atoms with Crippen molar-refractivity contribution in [1.82, 2.24) is 5.32 Å². The van der Waals surface area contributed by atoms with Crippen LogP contribution in [0.3, 0.4) is 0 Å². The van der Waals surface area contributed by atoms with Crippen molar-refractivity contribution in [2.24, 2.45) is 0 Å². The van der Waals surface area contributed by atoms with E-state index in [-0.39, 0.29) is 17.6 Å². The number of nitrogens with one attached hydrogen (secondary N) is 2. The second kappa shape index (κ2) is 10.9. The molecule has 0 aliphatic carbocycles. The standard InChI is InChI=1S/C27H22N2O3S2/c1-2-32-26(31)23-22(20-15-13-19(14-16-20)18-9-5-3-6-10-18)17-34-25(23)29-27(33)28-24(30)21-11-7-4-8-12-21/h3-17H,2H2,1H3,(H2,28,29,30,33). The van der Waals surface area contributed by atoms with Crippen LogP contribution in [0.5, 0.6) is 0 Å². The molecule has 34 heavy (non-hydrogen) atoms. The van der Waals surface area contributed by atoms with E-state index in [2.05, 4.69) is 22.8 Å². The summed E-state index contributed by atoms with van der Waals surface area (Å²) in [5.41, 5.74) is 4.69. The number of hydrogen-bond donors (Lipinski definition) is 2. The minimum atomic E-state index is -0.453. The van der Waals surface area contributed by atoms with E-state index in [0.717, 1.165) is 22.3 Å². The first-order valence-corrected chi connectivity index (χ1v) is 12.0. The number of rotatable bonds is 6. The van der Waals surface area contributed by atoms with Crippen LogP contribution in [0.15, 0.2) is 90.3 Å². The Morgan fingerprint density at radius 1 is 0.853 bits per heavy atom. The number of thiophene rings is 1. The third-order valence-electron chi connectivity index (χ3n) is 5.06. The number of hydrogen-bond acceptors (Lipinski definition) is 5. The molecule has 0 fully saturated rings. The zero-order valence-electron chi connectivity index (χ0n) is 18.4. The molecule has 0 unspecified atom stereocenters. The van der Waals surface area contributed by atoms with Crippen LogP contribution in [0.1, 0.15) is 27.6 Å². The van der Waals surface area contributed by atoms with Crippen LogP contribution >= 0.6 is 23.6 Å². The van der Waals surface area contributed by atoms with Crippen LogP contribution in [0.4, 0.5) is 5.00 Å². The minimum Gasteiger partial charge on any atom is -0.462 e. The third-order valence-corrected chi connectivity index (χ3v) is 6.16. The van der Waals surface area contributed by atoms with Gasteiger partial charge >= 0.3 is 5.97 Å². The van der Waals surface area contributed by atoms with Crippen LogP contribution in [-0.2, 0) is 4.74 Å². The van der Waals surface area contributed by atoms with Gasteiger partial charge in [0.25, 0.3) is 5.91 Å². The van der Waals surface area contributed by atoms with Gasteiger partial charge in [0.15, 0.2) is 5.11 Å². The van der Waals surface area contributed by atoms with Gasteiger partial charge in [0.2, 0.25) is 0 Å². The minimum absolute atomic E-state index is 0.104. The molecule has 0 aliphatic rings. The van der Waals surface area contributed by atoms with Crippen LogP contribution < -0.4 is 10.6 Å². The molecule has 0 saturated heterocycles. The van der Waals surface area contributed by atoms with Gasteiger partial charge in [0, 0.05) is 16.5 Å². The zero-order chi connectivity index (χ0) is 23.9. The van der Waals surface area contributed by atoms with Gasteiger partial charge in [-0.15, -0.1) is 11.3 Å². The first-order chi connectivity index (χ1) is 16.6. The highest BCUT2D eigenvalue weighted by atomic mass is 32.1. The average molecular weight is 487 g/mol. The highest BCUT2D eigenvalue weighted by Gasteiger charge is 2.22. The van der Waals surface area contributed by atoms with E-state index in [1.54, 1.807) is 31.2 Å². The maximum atomic E-state index is 12.8. The van der Waals surface area contributed by atoms with Crippen molar-refractivity contribution in [3.8, 4) is 22.3 Å². The Labute approximate surface area is 207 Å². The lowest BCUT2D eigenvalue weighted by Gasteiger charge is -2.11. The molecule has 2 N–H and O–H groups in total. The van der Waals surface area contributed by atoms with Crippen molar-refractivity contribution in [3.05, 3.63) is 101 Å². The molecule has 170 valence electrons. The molecular weight excluding hydrogens is 464 g/mol. The summed E-state index contributed by atoms with van der Waals surface area (Å²) >= 11 is 6.66. The Bertz CT molecular complexity index is 1300. The van der Waals surface area contributed by atoms with E-state index in [1.165, 1.54) is 11.3 Å². The maximum absolute atomic E-state index is 12.8. The SMILES string of the molecule is CCOC(=O)c1c(-c2ccc(-c3ccccc3)cc2)csc1NC(=S)NC(=O)c1ccccc1. The summed E-state index contributed by atoms with van der Waals surface area (Å²) in [6.45, 7) is 2.01. The number of amides is 1. The summed E-state index contributed by atoms with van der Waals surface area (Å²) in [6, 6.07) is 26.9. The first-order valence-electron chi connectivity index (χ1n) is 10.7. The number of benzene rings is 3. The van der Waals surface area contributed by atoms with E-state index in [9.17, 15) is 9.59 Å². The van der Waals surface area contributed by atoms with Crippen molar-refractivity contribution in [2.75, 3.05) is 11.9 Å². The van der Waals surface area contributed by atoms with Crippen LogP contribution in [-0.4, -0.2) is 23.6 Å². The summed E-state index contributed by atoms with van der Waals surface area (Å²) in [6.07, 6.45) is 0. The molecule has 0 aliphatic heterocycles. The van der Waals surface area contributed by atoms with Crippen molar-refractivity contribution in [3.63, 3.8) is 0 Å². The van der Waals surface area contributed by atoms with Gasteiger partial charge in [-0.05, 0) is 48.0 Å². The highest BCUT2D eigenvalue weighted by Crippen LogP contribution is 2.37. The lowest BCUT2D eigenvalue weighted by Crippen LogP contribution is -2.34. The van der Waals surface area contributed by atoms with Gasteiger partial charge in [0.1, 0.15) is 10.6 Å². The van der Waals surface area contributed by atoms with Crippen LogP contribution in [0, 0.1) is 0 Å². The molecule has 4 aromatic rings. The second-order valence-electron chi connectivity index (χ2n) is 7.29. The smallest absolute Gasteiger partial charge is 0.341 e.